The molecule has 0 aliphatic carbocycles. The van der Waals surface area contributed by atoms with Crippen molar-refractivity contribution in [2.45, 2.75) is 26.7 Å². The Balaban J connectivity index is 1.50. The second-order valence-electron chi connectivity index (χ2n) is 6.18. The highest BCUT2D eigenvalue weighted by Crippen LogP contribution is 2.23. The van der Waals surface area contributed by atoms with Crippen LogP contribution in [-0.2, 0) is 6.42 Å². The van der Waals surface area contributed by atoms with Gasteiger partial charge in [0.05, 0.1) is 10.7 Å². The van der Waals surface area contributed by atoms with Crippen molar-refractivity contribution in [1.29, 1.82) is 0 Å². The average molecular weight is 368 g/mol. The van der Waals surface area contributed by atoms with Crippen LogP contribution in [-0.4, -0.2) is 17.4 Å². The van der Waals surface area contributed by atoms with Crippen LogP contribution >= 0.6 is 11.3 Å². The van der Waals surface area contributed by atoms with Crippen LogP contribution in [0, 0.1) is 19.7 Å². The summed E-state index contributed by atoms with van der Waals surface area (Å²) in [5.41, 5.74) is 3.44. The fourth-order valence-electron chi connectivity index (χ4n) is 2.86. The Bertz CT molecular complexity index is 903. The van der Waals surface area contributed by atoms with Gasteiger partial charge in [0.15, 0.2) is 0 Å². The lowest BCUT2D eigenvalue weighted by Gasteiger charge is -2.07. The first-order chi connectivity index (χ1) is 12.5. The minimum Gasteiger partial charge on any atom is -0.351 e. The van der Waals surface area contributed by atoms with E-state index in [0.717, 1.165) is 29.1 Å². The van der Waals surface area contributed by atoms with Crippen molar-refractivity contribution in [2.24, 2.45) is 0 Å². The Morgan fingerprint density at radius 3 is 2.50 bits per heavy atom. The van der Waals surface area contributed by atoms with Gasteiger partial charge in [0.1, 0.15) is 10.7 Å². The molecule has 134 valence electrons. The number of aromatic nitrogens is 1. The number of nitrogens with zero attached hydrogens (tertiary/aromatic N) is 1. The van der Waals surface area contributed by atoms with Crippen LogP contribution in [0.4, 0.5) is 4.39 Å². The minimum atomic E-state index is -0.212. The molecule has 1 N–H and O–H groups in total. The zero-order valence-corrected chi connectivity index (χ0v) is 15.7. The Morgan fingerprint density at radius 2 is 1.85 bits per heavy atom. The topological polar surface area (TPSA) is 42.0 Å². The number of thiazole rings is 1. The smallest absolute Gasteiger partial charge is 0.263 e. The van der Waals surface area contributed by atoms with Gasteiger partial charge in [0, 0.05) is 12.1 Å². The first-order valence-corrected chi connectivity index (χ1v) is 9.42. The number of hydrogen-bond acceptors (Lipinski definition) is 3. The summed E-state index contributed by atoms with van der Waals surface area (Å²) >= 11 is 1.42. The van der Waals surface area contributed by atoms with Gasteiger partial charge in [-0.2, -0.15) is 0 Å². The van der Waals surface area contributed by atoms with E-state index in [1.165, 1.54) is 23.0 Å². The molecule has 0 unspecified atom stereocenters. The second kappa shape index (κ2) is 8.23. The first kappa shape index (κ1) is 18.3. The number of carbonyl (C=O) groups excluding carboxylic acids is 1. The Labute approximate surface area is 156 Å². The molecular weight excluding hydrogens is 347 g/mol. The minimum absolute atomic E-state index is 0.0528. The summed E-state index contributed by atoms with van der Waals surface area (Å²) in [5, 5.41) is 3.86. The highest BCUT2D eigenvalue weighted by Gasteiger charge is 2.12. The number of benzene rings is 2. The van der Waals surface area contributed by atoms with Crippen molar-refractivity contribution < 1.29 is 9.18 Å². The van der Waals surface area contributed by atoms with E-state index in [1.807, 2.05) is 44.2 Å². The van der Waals surface area contributed by atoms with Crippen LogP contribution in [0.3, 0.4) is 0 Å². The number of nitrogens with one attached hydrogen (secondary N) is 1. The van der Waals surface area contributed by atoms with Crippen molar-refractivity contribution in [2.75, 3.05) is 6.54 Å². The van der Waals surface area contributed by atoms with Gasteiger partial charge in [-0.05, 0) is 43.9 Å². The largest absolute Gasteiger partial charge is 0.351 e. The molecule has 3 nitrogen and oxygen atoms in total. The van der Waals surface area contributed by atoms with Crippen molar-refractivity contribution in [3.63, 3.8) is 0 Å². The van der Waals surface area contributed by atoms with E-state index < -0.39 is 0 Å². The quantitative estimate of drug-likeness (QED) is 0.627. The molecule has 2 aromatic carbocycles. The van der Waals surface area contributed by atoms with Crippen LogP contribution in [0.15, 0.2) is 48.5 Å². The van der Waals surface area contributed by atoms with E-state index in [9.17, 15) is 9.18 Å². The van der Waals surface area contributed by atoms with Gasteiger partial charge < -0.3 is 5.32 Å². The van der Waals surface area contributed by atoms with E-state index in [2.05, 4.69) is 10.3 Å². The molecule has 0 bridgehead atoms. The maximum atomic E-state index is 13.8. The molecule has 0 fully saturated rings. The highest BCUT2D eigenvalue weighted by molar-refractivity contribution is 7.13. The molecule has 26 heavy (non-hydrogen) atoms. The maximum absolute atomic E-state index is 13.8. The second-order valence-corrected chi connectivity index (χ2v) is 7.39. The number of hydrogen-bond donors (Lipinski definition) is 1. The van der Waals surface area contributed by atoms with Crippen molar-refractivity contribution >= 4 is 17.2 Å². The third-order valence-corrected chi connectivity index (χ3v) is 5.25. The summed E-state index contributed by atoms with van der Waals surface area (Å²) in [4.78, 5) is 17.1. The fraction of sp³-hybridized carbons (Fsp3) is 0.238. The van der Waals surface area contributed by atoms with Crippen molar-refractivity contribution in [3.8, 4) is 11.1 Å². The Hall–Kier alpha value is -2.53. The highest BCUT2D eigenvalue weighted by atomic mass is 32.1. The van der Waals surface area contributed by atoms with Crippen LogP contribution < -0.4 is 5.32 Å². The Kier molecular flexibility index (Phi) is 5.78. The lowest BCUT2D eigenvalue weighted by molar-refractivity contribution is 0.0956. The predicted molar refractivity (Wildman–Crippen MR) is 104 cm³/mol. The van der Waals surface area contributed by atoms with Gasteiger partial charge in [-0.15, -0.1) is 11.3 Å². The van der Waals surface area contributed by atoms with E-state index in [4.69, 9.17) is 0 Å². The summed E-state index contributed by atoms with van der Waals surface area (Å²) < 4.78 is 13.8. The molecule has 0 saturated heterocycles. The lowest BCUT2D eigenvalue weighted by Crippen LogP contribution is -2.24. The predicted octanol–water partition coefficient (Wildman–Crippen LogP) is 4.93. The summed E-state index contributed by atoms with van der Waals surface area (Å²) in [7, 11) is 0. The molecule has 1 aromatic heterocycles. The zero-order valence-electron chi connectivity index (χ0n) is 14.9. The van der Waals surface area contributed by atoms with E-state index in [1.54, 1.807) is 12.1 Å². The first-order valence-electron chi connectivity index (χ1n) is 8.60. The molecule has 0 aliphatic rings. The van der Waals surface area contributed by atoms with Gasteiger partial charge in [0.25, 0.3) is 5.91 Å². The Morgan fingerprint density at radius 1 is 1.12 bits per heavy atom. The number of aryl methyl sites for hydroxylation is 3. The molecule has 1 amide bonds. The number of amides is 1. The van der Waals surface area contributed by atoms with Gasteiger partial charge in [0.2, 0.25) is 0 Å². The molecular formula is C21H21FN2OS. The number of carbonyl (C=O) groups is 1. The van der Waals surface area contributed by atoms with Crippen LogP contribution in [0.5, 0.6) is 0 Å². The standard InChI is InChI=1S/C21H21FN2OS/c1-14-20(26-15(2)24-14)21(25)23-13-5-6-16-9-11-17(12-10-16)18-7-3-4-8-19(18)22/h3-4,7-12H,5-6,13H2,1-2H3,(H,23,25). The average Bonchev–Trinajstić information content (AvgIpc) is 2.98. The molecule has 0 atom stereocenters. The third-order valence-electron chi connectivity index (χ3n) is 4.18. The van der Waals surface area contributed by atoms with Crippen molar-refractivity contribution in [3.05, 3.63) is 75.5 Å². The lowest BCUT2D eigenvalue weighted by atomic mass is 10.0. The summed E-state index contributed by atoms with van der Waals surface area (Å²) in [6, 6.07) is 14.7. The monoisotopic (exact) mass is 368 g/mol. The maximum Gasteiger partial charge on any atom is 0.263 e. The van der Waals surface area contributed by atoms with Gasteiger partial charge >= 0.3 is 0 Å². The third kappa shape index (κ3) is 4.35. The van der Waals surface area contributed by atoms with Crippen molar-refractivity contribution in [1.82, 2.24) is 10.3 Å². The SMILES string of the molecule is Cc1nc(C)c(C(=O)NCCCc2ccc(-c3ccccc3F)cc2)s1. The number of rotatable bonds is 6. The zero-order chi connectivity index (χ0) is 18.5. The van der Waals surface area contributed by atoms with Crippen LogP contribution in [0.25, 0.3) is 11.1 Å². The fourth-order valence-corrected chi connectivity index (χ4v) is 3.70. The van der Waals surface area contributed by atoms with Crippen LogP contribution in [0.2, 0.25) is 0 Å². The summed E-state index contributed by atoms with van der Waals surface area (Å²) in [6.45, 7) is 4.37. The van der Waals surface area contributed by atoms with E-state index in [-0.39, 0.29) is 11.7 Å². The number of halogens is 1. The molecule has 3 aromatic rings. The van der Waals surface area contributed by atoms with E-state index >= 15 is 0 Å². The van der Waals surface area contributed by atoms with Gasteiger partial charge in [-0.1, -0.05) is 42.5 Å². The molecule has 3 rings (SSSR count). The summed E-state index contributed by atoms with van der Waals surface area (Å²) in [5.74, 6) is -0.264. The van der Waals surface area contributed by atoms with Crippen LogP contribution in [0.1, 0.15) is 32.4 Å². The molecule has 5 heteroatoms. The molecule has 0 aliphatic heterocycles. The molecule has 1 heterocycles. The summed E-state index contributed by atoms with van der Waals surface area (Å²) in [6.07, 6.45) is 1.71. The van der Waals surface area contributed by atoms with E-state index in [0.29, 0.717) is 17.0 Å². The molecule has 0 radical (unpaired) electrons. The van der Waals surface area contributed by atoms with Gasteiger partial charge in [-0.3, -0.25) is 4.79 Å². The normalized spacial score (nSPS) is 10.7. The molecule has 0 spiro atoms. The van der Waals surface area contributed by atoms with Gasteiger partial charge in [-0.25, -0.2) is 9.37 Å². The molecule has 0 saturated carbocycles.